The summed E-state index contributed by atoms with van der Waals surface area (Å²) in [5.74, 6) is 0.785. The van der Waals surface area contributed by atoms with Gasteiger partial charge in [-0.15, -0.1) is 11.8 Å². The molecule has 0 atom stereocenters. The molecule has 1 aromatic carbocycles. The second kappa shape index (κ2) is 5.87. The van der Waals surface area contributed by atoms with Crippen LogP contribution in [0.1, 0.15) is 32.3 Å². The molecule has 0 amide bonds. The molecule has 0 bridgehead atoms. The number of hydrogen-bond donors (Lipinski definition) is 2. The Kier molecular flexibility index (Phi) is 4.40. The summed E-state index contributed by atoms with van der Waals surface area (Å²) in [6.07, 6.45) is 4.55. The molecule has 0 radical (unpaired) electrons. The smallest absolute Gasteiger partial charge is 0.126 e. The number of nitrogens with two attached hydrogens (primary N) is 1. The van der Waals surface area contributed by atoms with Gasteiger partial charge in [0, 0.05) is 23.2 Å². The van der Waals surface area contributed by atoms with Crippen LogP contribution in [-0.2, 0) is 0 Å². The van der Waals surface area contributed by atoms with Gasteiger partial charge < -0.3 is 10.6 Å². The average molecular weight is 277 g/mol. The summed E-state index contributed by atoms with van der Waals surface area (Å²) >= 11 is 1.66. The van der Waals surface area contributed by atoms with Gasteiger partial charge >= 0.3 is 0 Å². The molecule has 0 aliphatic heterocycles. The first-order valence-corrected chi connectivity index (χ1v) is 8.05. The third-order valence-electron chi connectivity index (χ3n) is 3.35. The van der Waals surface area contributed by atoms with Gasteiger partial charge in [0.25, 0.3) is 0 Å². The highest BCUT2D eigenvalue weighted by atomic mass is 32.2. The summed E-state index contributed by atoms with van der Waals surface area (Å²) in [6, 6.07) is 6.86. The van der Waals surface area contributed by atoms with Crippen LogP contribution in [0, 0.1) is 11.3 Å². The molecule has 3 N–H and O–H groups in total. The fourth-order valence-electron chi connectivity index (χ4n) is 2.42. The van der Waals surface area contributed by atoms with Crippen molar-refractivity contribution in [3.05, 3.63) is 23.8 Å². The van der Waals surface area contributed by atoms with E-state index in [0.717, 1.165) is 22.7 Å². The molecule has 0 heterocycles. The highest BCUT2D eigenvalue weighted by Crippen LogP contribution is 2.37. The molecule has 1 aliphatic carbocycles. The maximum absolute atomic E-state index is 7.90. The molecule has 4 heteroatoms. The van der Waals surface area contributed by atoms with Crippen molar-refractivity contribution in [1.82, 2.24) is 0 Å². The van der Waals surface area contributed by atoms with E-state index in [1.165, 1.54) is 12.8 Å². The van der Waals surface area contributed by atoms with E-state index in [-0.39, 0.29) is 5.84 Å². The number of rotatable bonds is 6. The Morgan fingerprint density at radius 2 is 2.16 bits per heavy atom. The molecule has 1 aliphatic rings. The topological polar surface area (TPSA) is 53.1 Å². The van der Waals surface area contributed by atoms with E-state index in [1.807, 2.05) is 12.3 Å². The Hall–Kier alpha value is -1.16. The van der Waals surface area contributed by atoms with Crippen LogP contribution in [0.15, 0.2) is 23.1 Å². The van der Waals surface area contributed by atoms with Gasteiger partial charge in [-0.25, -0.2) is 0 Å². The SMILES string of the molecule is CSc1cccc(N(CC(C)C)C2CC2)c1C(=N)N. The van der Waals surface area contributed by atoms with Crippen LogP contribution in [0.25, 0.3) is 0 Å². The molecule has 0 aromatic heterocycles. The number of amidine groups is 1. The maximum Gasteiger partial charge on any atom is 0.126 e. The van der Waals surface area contributed by atoms with Crippen molar-refractivity contribution in [1.29, 1.82) is 5.41 Å². The van der Waals surface area contributed by atoms with Crippen molar-refractivity contribution < 1.29 is 0 Å². The van der Waals surface area contributed by atoms with Gasteiger partial charge in [0.2, 0.25) is 0 Å². The zero-order chi connectivity index (χ0) is 14.0. The quantitative estimate of drug-likeness (QED) is 0.476. The van der Waals surface area contributed by atoms with Gasteiger partial charge in [0.15, 0.2) is 0 Å². The van der Waals surface area contributed by atoms with Gasteiger partial charge in [0.1, 0.15) is 5.84 Å². The van der Waals surface area contributed by atoms with Crippen LogP contribution in [0.2, 0.25) is 0 Å². The molecule has 0 spiro atoms. The molecule has 1 aromatic rings. The number of hydrogen-bond acceptors (Lipinski definition) is 3. The zero-order valence-corrected chi connectivity index (χ0v) is 12.8. The molecular weight excluding hydrogens is 254 g/mol. The van der Waals surface area contributed by atoms with Crippen molar-refractivity contribution in [2.75, 3.05) is 17.7 Å². The number of nitrogens with zero attached hydrogens (tertiary/aromatic N) is 1. The molecule has 0 saturated heterocycles. The summed E-state index contributed by atoms with van der Waals surface area (Å²) in [6.45, 7) is 5.51. The first-order chi connectivity index (χ1) is 9.04. The number of nitrogen functional groups attached to an aromatic ring is 1. The standard InChI is InChI=1S/C15H23N3S/c1-10(2)9-18(11-7-8-11)12-5-4-6-13(19-3)14(12)15(16)17/h4-6,10-11H,7-9H2,1-3H3,(H3,16,17). The Labute approximate surface area is 120 Å². The van der Waals surface area contributed by atoms with Gasteiger partial charge in [-0.3, -0.25) is 5.41 Å². The van der Waals surface area contributed by atoms with Crippen LogP contribution in [0.3, 0.4) is 0 Å². The molecule has 1 saturated carbocycles. The van der Waals surface area contributed by atoms with Crippen molar-refractivity contribution in [3.63, 3.8) is 0 Å². The fourth-order valence-corrected chi connectivity index (χ4v) is 3.06. The van der Waals surface area contributed by atoms with E-state index in [0.29, 0.717) is 12.0 Å². The lowest BCUT2D eigenvalue weighted by Gasteiger charge is -2.29. The molecule has 104 valence electrons. The molecule has 0 unspecified atom stereocenters. The Morgan fingerprint density at radius 3 is 2.63 bits per heavy atom. The predicted molar refractivity (Wildman–Crippen MR) is 84.4 cm³/mol. The maximum atomic E-state index is 7.90. The second-order valence-electron chi connectivity index (χ2n) is 5.55. The summed E-state index contributed by atoms with van der Waals surface area (Å²) in [5, 5.41) is 7.90. The van der Waals surface area contributed by atoms with Gasteiger partial charge in [-0.2, -0.15) is 0 Å². The largest absolute Gasteiger partial charge is 0.384 e. The fraction of sp³-hybridized carbons (Fsp3) is 0.533. The van der Waals surface area contributed by atoms with Crippen LogP contribution < -0.4 is 10.6 Å². The van der Waals surface area contributed by atoms with Crippen LogP contribution >= 0.6 is 11.8 Å². The van der Waals surface area contributed by atoms with Gasteiger partial charge in [0.05, 0.1) is 5.56 Å². The highest BCUT2D eigenvalue weighted by molar-refractivity contribution is 7.98. The molecular formula is C15H23N3S. The normalized spacial score (nSPS) is 14.7. The number of anilines is 1. The summed E-state index contributed by atoms with van der Waals surface area (Å²) in [5.41, 5.74) is 7.86. The summed E-state index contributed by atoms with van der Waals surface area (Å²) < 4.78 is 0. The number of nitrogens with one attached hydrogen (secondary N) is 1. The Morgan fingerprint density at radius 1 is 1.47 bits per heavy atom. The lowest BCUT2D eigenvalue weighted by atomic mass is 10.1. The summed E-state index contributed by atoms with van der Waals surface area (Å²) in [4.78, 5) is 3.54. The molecule has 3 nitrogen and oxygen atoms in total. The number of thioether (sulfide) groups is 1. The van der Waals surface area contributed by atoms with E-state index in [2.05, 4.69) is 30.9 Å². The zero-order valence-electron chi connectivity index (χ0n) is 11.9. The first kappa shape index (κ1) is 14.3. The van der Waals surface area contributed by atoms with Crippen LogP contribution in [0.4, 0.5) is 5.69 Å². The van der Waals surface area contributed by atoms with Crippen LogP contribution in [-0.4, -0.2) is 24.7 Å². The van der Waals surface area contributed by atoms with Gasteiger partial charge in [-0.05, 0) is 37.1 Å². The minimum absolute atomic E-state index is 0.175. The second-order valence-corrected chi connectivity index (χ2v) is 6.39. The third kappa shape index (κ3) is 3.24. The monoisotopic (exact) mass is 277 g/mol. The van der Waals surface area contributed by atoms with E-state index in [9.17, 15) is 0 Å². The van der Waals surface area contributed by atoms with E-state index in [4.69, 9.17) is 11.1 Å². The summed E-state index contributed by atoms with van der Waals surface area (Å²) in [7, 11) is 0. The Bertz CT molecular complexity index is 466. The first-order valence-electron chi connectivity index (χ1n) is 6.82. The minimum atomic E-state index is 0.175. The lowest BCUT2D eigenvalue weighted by Crippen LogP contribution is -2.32. The lowest BCUT2D eigenvalue weighted by molar-refractivity contribution is 0.606. The minimum Gasteiger partial charge on any atom is -0.384 e. The third-order valence-corrected chi connectivity index (χ3v) is 4.13. The molecule has 19 heavy (non-hydrogen) atoms. The molecule has 2 rings (SSSR count). The van der Waals surface area contributed by atoms with Crippen LogP contribution in [0.5, 0.6) is 0 Å². The van der Waals surface area contributed by atoms with Crippen molar-refractivity contribution in [2.45, 2.75) is 37.6 Å². The van der Waals surface area contributed by atoms with Crippen molar-refractivity contribution in [2.24, 2.45) is 11.7 Å². The van der Waals surface area contributed by atoms with Crippen molar-refractivity contribution >= 4 is 23.3 Å². The Balaban J connectivity index is 2.43. The van der Waals surface area contributed by atoms with Gasteiger partial charge in [-0.1, -0.05) is 19.9 Å². The van der Waals surface area contributed by atoms with Crippen molar-refractivity contribution in [3.8, 4) is 0 Å². The predicted octanol–water partition coefficient (Wildman–Crippen LogP) is 3.32. The molecule has 1 fully saturated rings. The van der Waals surface area contributed by atoms with E-state index < -0.39 is 0 Å². The van der Waals surface area contributed by atoms with E-state index >= 15 is 0 Å². The highest BCUT2D eigenvalue weighted by Gasteiger charge is 2.31. The average Bonchev–Trinajstić information content (AvgIpc) is 3.18. The number of benzene rings is 1. The van der Waals surface area contributed by atoms with E-state index in [1.54, 1.807) is 11.8 Å².